The van der Waals surface area contributed by atoms with Gasteiger partial charge in [-0.2, -0.15) is 9.78 Å². The fraction of sp³-hybridized carbons (Fsp3) is 0.353. The minimum Gasteiger partial charge on any atom is -0.460 e. The Morgan fingerprint density at radius 3 is 2.64 bits per heavy atom. The molecule has 11 heteroatoms. The maximum Gasteiger partial charge on any atom is 0.435 e. The largest absolute Gasteiger partial charge is 0.460 e. The number of carbonyl (C=O) groups is 3. The summed E-state index contributed by atoms with van der Waals surface area (Å²) in [5, 5.41) is 10.6. The highest BCUT2D eigenvalue weighted by atomic mass is 16.6. The van der Waals surface area contributed by atoms with Crippen LogP contribution in [-0.4, -0.2) is 50.7 Å². The number of nitrogens with zero attached hydrogens (tertiary/aromatic N) is 4. The second-order valence-electron chi connectivity index (χ2n) is 5.75. The number of anilines is 1. The summed E-state index contributed by atoms with van der Waals surface area (Å²) in [7, 11) is 1.67. The second-order valence-corrected chi connectivity index (χ2v) is 5.75. The molecule has 0 saturated heterocycles. The van der Waals surface area contributed by atoms with E-state index in [2.05, 4.69) is 15.5 Å². The average molecular weight is 389 g/mol. The number of amides is 1. The van der Waals surface area contributed by atoms with E-state index in [0.29, 0.717) is 6.42 Å². The van der Waals surface area contributed by atoms with Gasteiger partial charge in [-0.05, 0) is 19.4 Å². The summed E-state index contributed by atoms with van der Waals surface area (Å²) < 4.78 is 17.9. The van der Waals surface area contributed by atoms with Crippen molar-refractivity contribution in [3.63, 3.8) is 0 Å². The Morgan fingerprint density at radius 2 is 2.00 bits per heavy atom. The molecule has 0 bridgehead atoms. The smallest absolute Gasteiger partial charge is 0.435 e. The van der Waals surface area contributed by atoms with Crippen LogP contribution < -0.4 is 5.32 Å². The van der Waals surface area contributed by atoms with E-state index in [-0.39, 0.29) is 41.6 Å². The van der Waals surface area contributed by atoms with E-state index in [9.17, 15) is 14.4 Å². The molecule has 11 nitrogen and oxygen atoms in total. The number of aromatic nitrogens is 4. The number of fused-ring (bicyclic) bond motifs is 1. The average Bonchev–Trinajstić information content (AvgIpc) is 3.36. The lowest BCUT2D eigenvalue weighted by atomic mass is 10.4. The lowest BCUT2D eigenvalue weighted by molar-refractivity contribution is 0.0471. The van der Waals surface area contributed by atoms with Crippen LogP contribution in [0, 0.1) is 0 Å². The highest BCUT2D eigenvalue weighted by Crippen LogP contribution is 2.28. The predicted molar refractivity (Wildman–Crippen MR) is 96.2 cm³/mol. The van der Waals surface area contributed by atoms with Gasteiger partial charge < -0.3 is 19.2 Å². The topological polar surface area (TPSA) is 130 Å². The molecule has 0 aromatic carbocycles. The van der Waals surface area contributed by atoms with Crippen LogP contribution in [0.2, 0.25) is 0 Å². The summed E-state index contributed by atoms with van der Waals surface area (Å²) >= 11 is 0. The maximum atomic E-state index is 12.4. The molecule has 0 radical (unpaired) electrons. The molecule has 3 aromatic heterocycles. The lowest BCUT2D eigenvalue weighted by Gasteiger charge is -2.02. The van der Waals surface area contributed by atoms with Crippen molar-refractivity contribution in [2.75, 3.05) is 18.5 Å². The zero-order valence-corrected chi connectivity index (χ0v) is 15.6. The molecule has 1 N–H and O–H groups in total. The minimum absolute atomic E-state index is 0.0424. The minimum atomic E-state index is -0.778. The molecule has 3 rings (SSSR count). The van der Waals surface area contributed by atoms with Crippen molar-refractivity contribution < 1.29 is 28.3 Å². The van der Waals surface area contributed by atoms with Crippen LogP contribution in [0.3, 0.4) is 0 Å². The third-order valence-electron chi connectivity index (χ3n) is 3.61. The molecule has 0 aliphatic heterocycles. The fourth-order valence-electron chi connectivity index (χ4n) is 2.39. The van der Waals surface area contributed by atoms with E-state index in [1.165, 1.54) is 16.8 Å². The molecule has 1 amide bonds. The molecular formula is C17H19N5O6. The number of nitrogens with one attached hydrogen (secondary N) is 1. The maximum absolute atomic E-state index is 12.4. The first-order valence-corrected chi connectivity index (χ1v) is 8.62. The predicted octanol–water partition coefficient (Wildman–Crippen LogP) is 2.19. The number of hydrogen-bond acceptors (Lipinski definition) is 8. The molecular weight excluding hydrogens is 370 g/mol. The summed E-state index contributed by atoms with van der Waals surface area (Å²) in [4.78, 5) is 36.6. The number of carbonyl (C=O) groups excluding carboxylic acids is 3. The summed E-state index contributed by atoms with van der Waals surface area (Å²) in [5.41, 5.74) is 0.356. The molecule has 28 heavy (non-hydrogen) atoms. The van der Waals surface area contributed by atoms with Gasteiger partial charge in [0.1, 0.15) is 5.52 Å². The van der Waals surface area contributed by atoms with Crippen molar-refractivity contribution in [1.82, 2.24) is 19.6 Å². The normalized spacial score (nSPS) is 10.8. The van der Waals surface area contributed by atoms with E-state index in [4.69, 9.17) is 13.9 Å². The zero-order chi connectivity index (χ0) is 20.3. The SMILES string of the molecule is CCCOC(=O)c1cc2c(o1)c(NC(=O)c1ccn(C)n1)nn2C(=O)OCC. The molecule has 0 aliphatic carbocycles. The third-order valence-corrected chi connectivity index (χ3v) is 3.61. The first-order valence-electron chi connectivity index (χ1n) is 8.62. The Morgan fingerprint density at radius 1 is 1.21 bits per heavy atom. The highest BCUT2D eigenvalue weighted by Gasteiger charge is 2.25. The van der Waals surface area contributed by atoms with Gasteiger partial charge in [0.05, 0.1) is 13.2 Å². The van der Waals surface area contributed by atoms with Crippen LogP contribution in [0.25, 0.3) is 11.1 Å². The number of esters is 1. The molecule has 0 spiro atoms. The first kappa shape index (κ1) is 19.1. The van der Waals surface area contributed by atoms with Crippen LogP contribution in [0.1, 0.15) is 41.3 Å². The Hall–Kier alpha value is -3.63. The molecule has 0 fully saturated rings. The number of furan rings is 1. The zero-order valence-electron chi connectivity index (χ0n) is 15.6. The Kier molecular flexibility index (Phi) is 5.43. The monoisotopic (exact) mass is 389 g/mol. The number of aryl methyl sites for hydroxylation is 1. The summed E-state index contributed by atoms with van der Waals surface area (Å²) in [6.07, 6.45) is 1.48. The van der Waals surface area contributed by atoms with Gasteiger partial charge in [0.2, 0.25) is 5.76 Å². The molecule has 3 aromatic rings. The van der Waals surface area contributed by atoms with Crippen LogP contribution in [0.4, 0.5) is 10.6 Å². The number of ether oxygens (including phenoxy) is 2. The van der Waals surface area contributed by atoms with Gasteiger partial charge in [-0.1, -0.05) is 6.92 Å². The van der Waals surface area contributed by atoms with E-state index in [1.807, 2.05) is 6.92 Å². The van der Waals surface area contributed by atoms with Crippen LogP contribution in [0.5, 0.6) is 0 Å². The van der Waals surface area contributed by atoms with Crippen LogP contribution >= 0.6 is 0 Å². The molecule has 0 atom stereocenters. The van der Waals surface area contributed by atoms with Gasteiger partial charge in [-0.3, -0.25) is 9.48 Å². The van der Waals surface area contributed by atoms with Crippen LogP contribution in [-0.2, 0) is 16.5 Å². The van der Waals surface area contributed by atoms with E-state index >= 15 is 0 Å². The standard InChI is InChI=1S/C17H19N5O6/c1-4-8-27-16(24)12-9-11-13(28-12)14(20-22(11)17(25)26-5-2)18-15(23)10-6-7-21(3)19-10/h6-7,9H,4-5,8H2,1-3H3,(H,18,20,23). The van der Waals surface area contributed by atoms with E-state index in [1.54, 1.807) is 20.2 Å². The molecule has 0 aliphatic rings. The lowest BCUT2D eigenvalue weighted by Crippen LogP contribution is -2.17. The second kappa shape index (κ2) is 7.94. The van der Waals surface area contributed by atoms with E-state index in [0.717, 1.165) is 4.68 Å². The first-order chi connectivity index (χ1) is 13.4. The van der Waals surface area contributed by atoms with Gasteiger partial charge in [0.25, 0.3) is 5.91 Å². The van der Waals surface area contributed by atoms with Crippen molar-refractivity contribution in [2.24, 2.45) is 7.05 Å². The summed E-state index contributed by atoms with van der Waals surface area (Å²) in [6.45, 7) is 3.85. The highest BCUT2D eigenvalue weighted by molar-refractivity contribution is 6.07. The van der Waals surface area contributed by atoms with Crippen molar-refractivity contribution in [2.45, 2.75) is 20.3 Å². The van der Waals surface area contributed by atoms with Crippen molar-refractivity contribution >= 4 is 34.9 Å². The number of hydrogen-bond donors (Lipinski definition) is 1. The van der Waals surface area contributed by atoms with Gasteiger partial charge in [0.15, 0.2) is 17.1 Å². The fourth-order valence-corrected chi connectivity index (χ4v) is 2.39. The van der Waals surface area contributed by atoms with Crippen molar-refractivity contribution in [3.8, 4) is 0 Å². The van der Waals surface area contributed by atoms with Gasteiger partial charge >= 0.3 is 12.1 Å². The van der Waals surface area contributed by atoms with Crippen molar-refractivity contribution in [3.05, 3.63) is 29.8 Å². The quantitative estimate of drug-likeness (QED) is 0.635. The Bertz CT molecular complexity index is 1030. The Balaban J connectivity index is 1.98. The van der Waals surface area contributed by atoms with Gasteiger partial charge in [0, 0.05) is 19.3 Å². The molecule has 0 unspecified atom stereocenters. The molecule has 148 valence electrons. The molecule has 0 saturated carbocycles. The Labute approximate surface area is 159 Å². The summed E-state index contributed by atoms with van der Waals surface area (Å²) in [5.74, 6) is -1.40. The van der Waals surface area contributed by atoms with Gasteiger partial charge in [-0.25, -0.2) is 9.59 Å². The van der Waals surface area contributed by atoms with E-state index < -0.39 is 18.0 Å². The molecule has 3 heterocycles. The van der Waals surface area contributed by atoms with Crippen molar-refractivity contribution in [1.29, 1.82) is 0 Å². The van der Waals surface area contributed by atoms with Gasteiger partial charge in [-0.15, -0.1) is 5.10 Å². The summed E-state index contributed by atoms with van der Waals surface area (Å²) in [6, 6.07) is 2.83. The third kappa shape index (κ3) is 3.72. The number of rotatable bonds is 6. The van der Waals surface area contributed by atoms with Crippen LogP contribution in [0.15, 0.2) is 22.7 Å².